The fourth-order valence-corrected chi connectivity index (χ4v) is 6.21. The molecule has 9 nitrogen and oxygen atoms in total. The highest BCUT2D eigenvalue weighted by atomic mass is 16.7. The number of piperidine rings is 1. The van der Waals surface area contributed by atoms with Crippen molar-refractivity contribution in [3.8, 4) is 0 Å². The highest BCUT2D eigenvalue weighted by molar-refractivity contribution is 5.81. The fourth-order valence-electron chi connectivity index (χ4n) is 6.21. The van der Waals surface area contributed by atoms with Crippen molar-refractivity contribution in [3.05, 3.63) is 0 Å². The highest BCUT2D eigenvalue weighted by Gasteiger charge is 2.53. The van der Waals surface area contributed by atoms with Gasteiger partial charge >= 0.3 is 6.09 Å². The number of nitrogens with zero attached hydrogens (tertiary/aromatic N) is 2. The number of ether oxygens (including phenoxy) is 2. The Bertz CT molecular complexity index is 735. The SMILES string of the molecule is CC1(C2CCN(C(=O)C3CC3)CC2)NOC(C2CCC3OC(=O)N(C4COC4)C3C2)N1. The Hall–Kier alpha value is -1.42. The molecule has 0 aromatic heterocycles. The van der Waals surface area contributed by atoms with E-state index in [9.17, 15) is 9.59 Å². The van der Waals surface area contributed by atoms with E-state index < -0.39 is 0 Å². The minimum absolute atomic E-state index is 0.00146. The molecule has 0 aromatic carbocycles. The van der Waals surface area contributed by atoms with E-state index in [2.05, 4.69) is 22.6 Å². The number of hydrogen-bond donors (Lipinski definition) is 2. The number of carbonyl (C=O) groups is 2. The Balaban J connectivity index is 1.06. The number of carbonyl (C=O) groups excluding carboxylic acids is 2. The Morgan fingerprint density at radius 3 is 2.55 bits per heavy atom. The average molecular weight is 435 g/mol. The number of hydrogen-bond acceptors (Lipinski definition) is 7. The lowest BCUT2D eigenvalue weighted by atomic mass is 9.81. The van der Waals surface area contributed by atoms with Crippen molar-refractivity contribution in [1.29, 1.82) is 0 Å². The van der Waals surface area contributed by atoms with Gasteiger partial charge in [0.2, 0.25) is 5.91 Å². The Morgan fingerprint density at radius 1 is 1.10 bits per heavy atom. The van der Waals surface area contributed by atoms with E-state index in [1.807, 2.05) is 4.90 Å². The summed E-state index contributed by atoms with van der Waals surface area (Å²) >= 11 is 0. The quantitative estimate of drug-likeness (QED) is 0.687. The normalized spacial score (nSPS) is 41.8. The first-order chi connectivity index (χ1) is 15.0. The molecule has 6 aliphatic rings. The van der Waals surface area contributed by atoms with E-state index in [0.29, 0.717) is 36.9 Å². The minimum Gasteiger partial charge on any atom is -0.444 e. The van der Waals surface area contributed by atoms with Crippen molar-refractivity contribution in [3.63, 3.8) is 0 Å². The molecular formula is C22H34N4O5. The molecule has 4 heterocycles. The first-order valence-electron chi connectivity index (χ1n) is 12.1. The molecular weight excluding hydrogens is 400 g/mol. The van der Waals surface area contributed by atoms with E-state index in [0.717, 1.165) is 58.0 Å². The summed E-state index contributed by atoms with van der Waals surface area (Å²) in [5, 5.41) is 3.74. The molecule has 5 atom stereocenters. The number of amides is 2. The summed E-state index contributed by atoms with van der Waals surface area (Å²) in [6.07, 6.45) is 6.59. The topological polar surface area (TPSA) is 92.4 Å². The second-order valence-corrected chi connectivity index (χ2v) is 10.5. The second kappa shape index (κ2) is 7.57. The van der Waals surface area contributed by atoms with Crippen LogP contribution in [0, 0.1) is 17.8 Å². The molecule has 9 heteroatoms. The monoisotopic (exact) mass is 434 g/mol. The molecule has 2 amide bonds. The van der Waals surface area contributed by atoms with Crippen LogP contribution in [0.3, 0.4) is 0 Å². The van der Waals surface area contributed by atoms with Crippen LogP contribution in [0.4, 0.5) is 4.79 Å². The average Bonchev–Trinajstić information content (AvgIpc) is 3.45. The molecule has 6 fully saturated rings. The van der Waals surface area contributed by atoms with Crippen LogP contribution in [0.2, 0.25) is 0 Å². The van der Waals surface area contributed by atoms with Crippen LogP contribution in [0.1, 0.15) is 51.9 Å². The van der Waals surface area contributed by atoms with Gasteiger partial charge in [0.25, 0.3) is 0 Å². The lowest BCUT2D eigenvalue weighted by Crippen LogP contribution is -2.58. The van der Waals surface area contributed by atoms with Gasteiger partial charge < -0.3 is 14.4 Å². The molecule has 4 saturated heterocycles. The molecule has 2 saturated carbocycles. The van der Waals surface area contributed by atoms with E-state index in [-0.39, 0.29) is 36.2 Å². The third-order valence-corrected chi connectivity index (χ3v) is 8.45. The van der Waals surface area contributed by atoms with Gasteiger partial charge in [-0.3, -0.25) is 19.8 Å². The number of likely N-dealkylation sites (tertiary alicyclic amines) is 1. The Morgan fingerprint density at radius 2 is 1.87 bits per heavy atom. The summed E-state index contributed by atoms with van der Waals surface area (Å²) in [7, 11) is 0. The van der Waals surface area contributed by atoms with Crippen molar-refractivity contribution in [2.24, 2.45) is 17.8 Å². The van der Waals surface area contributed by atoms with Gasteiger partial charge in [-0.15, -0.1) is 0 Å². The number of nitrogens with one attached hydrogen (secondary N) is 2. The van der Waals surface area contributed by atoms with Gasteiger partial charge in [0.1, 0.15) is 12.3 Å². The number of fused-ring (bicyclic) bond motifs is 1. The van der Waals surface area contributed by atoms with E-state index >= 15 is 0 Å². The summed E-state index contributed by atoms with van der Waals surface area (Å²) in [4.78, 5) is 34.8. The zero-order valence-electron chi connectivity index (χ0n) is 18.3. The van der Waals surface area contributed by atoms with Gasteiger partial charge in [0, 0.05) is 24.9 Å². The largest absolute Gasteiger partial charge is 0.444 e. The summed E-state index contributed by atoms with van der Waals surface area (Å²) in [5.74, 6) is 1.40. The predicted molar refractivity (Wildman–Crippen MR) is 109 cm³/mol. The van der Waals surface area contributed by atoms with Crippen molar-refractivity contribution in [1.82, 2.24) is 20.6 Å². The summed E-state index contributed by atoms with van der Waals surface area (Å²) in [5.41, 5.74) is 3.02. The molecule has 0 aromatic rings. The van der Waals surface area contributed by atoms with Crippen LogP contribution in [0.5, 0.6) is 0 Å². The van der Waals surface area contributed by atoms with Crippen LogP contribution in [0.15, 0.2) is 0 Å². The first-order valence-corrected chi connectivity index (χ1v) is 12.1. The Kier molecular flexibility index (Phi) is 4.94. The molecule has 0 bridgehead atoms. The van der Waals surface area contributed by atoms with Crippen LogP contribution < -0.4 is 10.8 Å². The van der Waals surface area contributed by atoms with E-state index in [1.165, 1.54) is 0 Å². The minimum atomic E-state index is -0.292. The van der Waals surface area contributed by atoms with Gasteiger partial charge in [0.05, 0.1) is 31.0 Å². The molecule has 4 aliphatic heterocycles. The Labute approximate surface area is 183 Å². The first kappa shape index (κ1) is 20.2. The lowest BCUT2D eigenvalue weighted by molar-refractivity contribution is -0.134. The number of rotatable bonds is 4. The van der Waals surface area contributed by atoms with Crippen molar-refractivity contribution >= 4 is 12.0 Å². The summed E-state index contributed by atoms with van der Waals surface area (Å²) in [6, 6.07) is 0.278. The highest BCUT2D eigenvalue weighted by Crippen LogP contribution is 2.41. The molecule has 2 aliphatic carbocycles. The van der Waals surface area contributed by atoms with Crippen molar-refractivity contribution in [2.75, 3.05) is 26.3 Å². The van der Waals surface area contributed by atoms with Crippen LogP contribution in [-0.2, 0) is 19.1 Å². The molecule has 0 radical (unpaired) electrons. The van der Waals surface area contributed by atoms with Crippen LogP contribution in [0.25, 0.3) is 0 Å². The van der Waals surface area contributed by atoms with Crippen LogP contribution >= 0.6 is 0 Å². The van der Waals surface area contributed by atoms with Gasteiger partial charge in [-0.25, -0.2) is 4.79 Å². The molecule has 31 heavy (non-hydrogen) atoms. The molecule has 2 N–H and O–H groups in total. The third kappa shape index (κ3) is 3.53. The molecule has 6 rings (SSSR count). The predicted octanol–water partition coefficient (Wildman–Crippen LogP) is 1.19. The van der Waals surface area contributed by atoms with Crippen molar-refractivity contribution < 1.29 is 23.9 Å². The number of hydroxylamine groups is 1. The van der Waals surface area contributed by atoms with Crippen LogP contribution in [-0.4, -0.2) is 78.2 Å². The standard InChI is InChI=1S/C22H34N4O5/c1-22(15-6-8-25(9-7-15)20(27)13-2-3-13)23-19(31-24-22)14-4-5-18-17(10-14)26(21(28)30-18)16-11-29-12-16/h13-19,23-24H,2-12H2,1H3. The fraction of sp³-hybridized carbons (Fsp3) is 0.909. The third-order valence-electron chi connectivity index (χ3n) is 8.45. The molecule has 0 spiro atoms. The van der Waals surface area contributed by atoms with Gasteiger partial charge in [-0.05, 0) is 57.8 Å². The maximum absolute atomic E-state index is 12.4. The van der Waals surface area contributed by atoms with E-state index in [4.69, 9.17) is 14.3 Å². The van der Waals surface area contributed by atoms with Gasteiger partial charge in [-0.1, -0.05) is 0 Å². The maximum Gasteiger partial charge on any atom is 0.410 e. The lowest BCUT2D eigenvalue weighted by Gasteiger charge is -2.42. The zero-order valence-corrected chi connectivity index (χ0v) is 18.3. The summed E-state index contributed by atoms with van der Waals surface area (Å²) in [6.45, 7) is 5.09. The van der Waals surface area contributed by atoms with Gasteiger partial charge in [0.15, 0.2) is 0 Å². The zero-order chi connectivity index (χ0) is 21.2. The van der Waals surface area contributed by atoms with Crippen molar-refractivity contribution in [2.45, 2.75) is 81.9 Å². The van der Waals surface area contributed by atoms with E-state index in [1.54, 1.807) is 0 Å². The smallest absolute Gasteiger partial charge is 0.410 e. The molecule has 172 valence electrons. The second-order valence-electron chi connectivity index (χ2n) is 10.5. The van der Waals surface area contributed by atoms with Gasteiger partial charge in [-0.2, -0.15) is 5.48 Å². The maximum atomic E-state index is 12.4. The molecule has 5 unspecified atom stereocenters. The summed E-state index contributed by atoms with van der Waals surface area (Å²) < 4.78 is 11.0.